The monoisotopic (exact) mass is 482 g/mol. The fourth-order valence-electron chi connectivity index (χ4n) is 4.89. The minimum absolute atomic E-state index is 0.0154. The van der Waals surface area contributed by atoms with Crippen LogP contribution >= 0.6 is 0 Å². The molecule has 3 heterocycles. The van der Waals surface area contributed by atoms with Gasteiger partial charge in [-0.15, -0.1) is 0 Å². The molecule has 2 aromatic carbocycles. The van der Waals surface area contributed by atoms with Crippen LogP contribution in [0, 0.1) is 5.92 Å². The fourth-order valence-corrected chi connectivity index (χ4v) is 4.89. The summed E-state index contributed by atoms with van der Waals surface area (Å²) in [6, 6.07) is 22.3. The molecule has 1 saturated heterocycles. The van der Waals surface area contributed by atoms with Gasteiger partial charge >= 0.3 is 0 Å². The molecule has 4 aromatic rings. The van der Waals surface area contributed by atoms with E-state index in [0.717, 1.165) is 55.1 Å². The van der Waals surface area contributed by atoms with Crippen molar-refractivity contribution in [1.82, 2.24) is 19.5 Å². The zero-order valence-electron chi connectivity index (χ0n) is 21.6. The average molecular weight is 483 g/mol. The molecule has 2 aromatic heterocycles. The molecule has 186 valence electrons. The number of aromatic nitrogens is 3. The summed E-state index contributed by atoms with van der Waals surface area (Å²) in [6.07, 6.45) is 3.08. The highest BCUT2D eigenvalue weighted by Gasteiger charge is 2.27. The summed E-state index contributed by atoms with van der Waals surface area (Å²) in [7, 11) is 1.66. The summed E-state index contributed by atoms with van der Waals surface area (Å²) >= 11 is 0. The number of hydrogen-bond donors (Lipinski definition) is 0. The molecule has 1 fully saturated rings. The second-order valence-electron chi connectivity index (χ2n) is 10.7. The highest BCUT2D eigenvalue weighted by Crippen LogP contribution is 2.29. The van der Waals surface area contributed by atoms with Gasteiger partial charge in [-0.25, -0.2) is 9.50 Å². The van der Waals surface area contributed by atoms with Gasteiger partial charge in [0.15, 0.2) is 5.65 Å². The first kappa shape index (κ1) is 24.0. The number of likely N-dealkylation sites (tertiary alicyclic amines) is 1. The summed E-state index contributed by atoms with van der Waals surface area (Å²) in [5.74, 6) is 1.34. The van der Waals surface area contributed by atoms with Crippen LogP contribution in [0.5, 0.6) is 5.75 Å². The van der Waals surface area contributed by atoms with Crippen LogP contribution in [0.3, 0.4) is 0 Å². The lowest BCUT2D eigenvalue weighted by molar-refractivity contribution is 0.0685. The molecule has 0 atom stereocenters. The van der Waals surface area contributed by atoms with Gasteiger partial charge in [-0.05, 0) is 48.9 Å². The number of fused-ring (bicyclic) bond motifs is 1. The second kappa shape index (κ2) is 9.76. The Kier molecular flexibility index (Phi) is 6.52. The molecule has 0 radical (unpaired) electrons. The molecule has 0 N–H and O–H groups in total. The maximum atomic E-state index is 13.6. The molecule has 6 nitrogen and oxygen atoms in total. The molecule has 0 unspecified atom stereocenters. The number of benzene rings is 2. The molecule has 36 heavy (non-hydrogen) atoms. The van der Waals surface area contributed by atoms with Crippen molar-refractivity contribution in [2.45, 2.75) is 45.4 Å². The Hall–Kier alpha value is -3.67. The molecular weight excluding hydrogens is 448 g/mol. The van der Waals surface area contributed by atoms with Gasteiger partial charge in [0.05, 0.1) is 18.5 Å². The number of ether oxygens (including phenoxy) is 1. The highest BCUT2D eigenvalue weighted by atomic mass is 16.5. The number of amides is 1. The van der Waals surface area contributed by atoms with E-state index < -0.39 is 0 Å². The van der Waals surface area contributed by atoms with Gasteiger partial charge in [0.2, 0.25) is 0 Å². The molecule has 0 bridgehead atoms. The van der Waals surface area contributed by atoms with Crippen molar-refractivity contribution in [2.24, 2.45) is 5.92 Å². The van der Waals surface area contributed by atoms with E-state index in [1.165, 1.54) is 5.56 Å². The van der Waals surface area contributed by atoms with E-state index in [9.17, 15) is 4.79 Å². The third-order valence-electron chi connectivity index (χ3n) is 7.05. The number of methoxy groups -OCH3 is 1. The highest BCUT2D eigenvalue weighted by molar-refractivity contribution is 5.94. The summed E-state index contributed by atoms with van der Waals surface area (Å²) in [5, 5.41) is 4.87. The SMILES string of the molecule is COc1cccc(-c2cc(C(=O)N3CCC(Cc4ccccc4)CC3)nc3cc(C(C)(C)C)nn23)c1. The number of hydrogen-bond acceptors (Lipinski definition) is 4. The Balaban J connectivity index is 1.44. The standard InChI is InChI=1S/C30H34N4O2/c1-30(2,3)27-20-28-31-25(19-26(34(28)32-27)23-11-8-12-24(18-23)36-4)29(35)33-15-13-22(14-16-33)17-21-9-6-5-7-10-21/h5-12,18-20,22H,13-17H2,1-4H3. The molecular formula is C30H34N4O2. The first-order chi connectivity index (χ1) is 17.3. The number of nitrogens with zero attached hydrogens (tertiary/aromatic N) is 4. The van der Waals surface area contributed by atoms with Crippen molar-refractivity contribution in [3.63, 3.8) is 0 Å². The Bertz CT molecular complexity index is 1360. The fraction of sp³-hybridized carbons (Fsp3) is 0.367. The smallest absolute Gasteiger partial charge is 0.272 e. The summed E-state index contributed by atoms with van der Waals surface area (Å²) in [5.41, 5.74) is 5.07. The van der Waals surface area contributed by atoms with Crippen LogP contribution < -0.4 is 4.74 Å². The number of rotatable bonds is 5. The van der Waals surface area contributed by atoms with Gasteiger partial charge in [-0.3, -0.25) is 4.79 Å². The van der Waals surface area contributed by atoms with Gasteiger partial charge in [0.1, 0.15) is 11.4 Å². The summed E-state index contributed by atoms with van der Waals surface area (Å²) in [4.78, 5) is 20.4. The van der Waals surface area contributed by atoms with Crippen molar-refractivity contribution >= 4 is 11.6 Å². The zero-order valence-corrected chi connectivity index (χ0v) is 21.6. The molecule has 0 spiro atoms. The topological polar surface area (TPSA) is 59.7 Å². The lowest BCUT2D eigenvalue weighted by atomic mass is 9.90. The van der Waals surface area contributed by atoms with E-state index in [0.29, 0.717) is 17.3 Å². The number of piperidine rings is 1. The first-order valence-electron chi connectivity index (χ1n) is 12.7. The van der Waals surface area contributed by atoms with Gasteiger partial charge in [-0.2, -0.15) is 5.10 Å². The van der Waals surface area contributed by atoms with Crippen LogP contribution in [0.4, 0.5) is 0 Å². The van der Waals surface area contributed by atoms with Gasteiger partial charge in [-0.1, -0.05) is 63.2 Å². The molecule has 5 rings (SSSR count). The molecule has 0 saturated carbocycles. The first-order valence-corrected chi connectivity index (χ1v) is 12.7. The maximum Gasteiger partial charge on any atom is 0.272 e. The second-order valence-corrected chi connectivity index (χ2v) is 10.7. The Morgan fingerprint density at radius 1 is 1.00 bits per heavy atom. The molecule has 1 aliphatic heterocycles. The average Bonchev–Trinajstić information content (AvgIpc) is 3.34. The van der Waals surface area contributed by atoms with Crippen LogP contribution in [0.2, 0.25) is 0 Å². The zero-order chi connectivity index (χ0) is 25.3. The lowest BCUT2D eigenvalue weighted by Crippen LogP contribution is -2.39. The van der Waals surface area contributed by atoms with Crippen molar-refractivity contribution in [2.75, 3.05) is 20.2 Å². The van der Waals surface area contributed by atoms with E-state index in [2.05, 4.69) is 51.1 Å². The van der Waals surface area contributed by atoms with Gasteiger partial charge in [0.25, 0.3) is 5.91 Å². The largest absolute Gasteiger partial charge is 0.497 e. The van der Waals surface area contributed by atoms with Crippen LogP contribution in [-0.2, 0) is 11.8 Å². The lowest BCUT2D eigenvalue weighted by Gasteiger charge is -2.32. The van der Waals surface area contributed by atoms with Crippen LogP contribution in [0.1, 0.15) is 55.4 Å². The van der Waals surface area contributed by atoms with Crippen molar-refractivity contribution in [1.29, 1.82) is 0 Å². The van der Waals surface area contributed by atoms with Gasteiger partial charge < -0.3 is 9.64 Å². The van der Waals surface area contributed by atoms with Crippen molar-refractivity contribution in [3.8, 4) is 17.0 Å². The van der Waals surface area contributed by atoms with Gasteiger partial charge in [0, 0.05) is 30.1 Å². The minimum Gasteiger partial charge on any atom is -0.497 e. The summed E-state index contributed by atoms with van der Waals surface area (Å²) < 4.78 is 7.30. The van der Waals surface area contributed by atoms with E-state index in [1.54, 1.807) is 7.11 Å². The quantitative estimate of drug-likeness (QED) is 0.361. The molecule has 6 heteroatoms. The van der Waals surface area contributed by atoms with E-state index in [-0.39, 0.29) is 11.3 Å². The Morgan fingerprint density at radius 2 is 1.75 bits per heavy atom. The number of carbonyl (C=O) groups excluding carboxylic acids is 1. The minimum atomic E-state index is -0.135. The molecule has 1 amide bonds. The molecule has 0 aliphatic carbocycles. The van der Waals surface area contributed by atoms with Crippen LogP contribution in [0.25, 0.3) is 16.9 Å². The number of carbonyl (C=O) groups is 1. The van der Waals surface area contributed by atoms with Crippen LogP contribution in [-0.4, -0.2) is 45.6 Å². The normalized spacial score (nSPS) is 14.8. The third kappa shape index (κ3) is 4.99. The summed E-state index contributed by atoms with van der Waals surface area (Å²) in [6.45, 7) is 7.90. The van der Waals surface area contributed by atoms with Crippen molar-refractivity contribution in [3.05, 3.63) is 83.7 Å². The van der Waals surface area contributed by atoms with E-state index in [4.69, 9.17) is 14.8 Å². The molecule has 1 aliphatic rings. The Morgan fingerprint density at radius 3 is 2.44 bits per heavy atom. The predicted octanol–water partition coefficient (Wildman–Crippen LogP) is 5.80. The third-order valence-corrected chi connectivity index (χ3v) is 7.05. The van der Waals surface area contributed by atoms with Crippen LogP contribution in [0.15, 0.2) is 66.7 Å². The predicted molar refractivity (Wildman–Crippen MR) is 142 cm³/mol. The van der Waals surface area contributed by atoms with E-state index in [1.807, 2.05) is 45.8 Å². The maximum absolute atomic E-state index is 13.6. The van der Waals surface area contributed by atoms with Crippen molar-refractivity contribution < 1.29 is 9.53 Å². The van der Waals surface area contributed by atoms with E-state index >= 15 is 0 Å². The Labute approximate surface area is 212 Å².